The number of benzene rings is 2. The Labute approximate surface area is 194 Å². The van der Waals surface area contributed by atoms with Crippen LogP contribution in [0.1, 0.15) is 31.2 Å². The van der Waals surface area contributed by atoms with Crippen LogP contribution in [-0.4, -0.2) is 80.4 Å². The Kier molecular flexibility index (Phi) is 9.26. The maximum atomic E-state index is 12.5. The van der Waals surface area contributed by atoms with Crippen LogP contribution in [0.4, 0.5) is 0 Å². The molecule has 0 radical (unpaired) electrons. The number of ether oxygens (including phenoxy) is 2. The van der Waals surface area contributed by atoms with Gasteiger partial charge in [0.1, 0.15) is 5.75 Å². The van der Waals surface area contributed by atoms with E-state index in [1.807, 2.05) is 43.3 Å². The molecule has 33 heavy (non-hydrogen) atoms. The summed E-state index contributed by atoms with van der Waals surface area (Å²) < 4.78 is 10.8. The summed E-state index contributed by atoms with van der Waals surface area (Å²) in [5.74, 6) is 0.287. The van der Waals surface area contributed by atoms with E-state index in [0.717, 1.165) is 67.8 Å². The van der Waals surface area contributed by atoms with Crippen LogP contribution in [0.25, 0.3) is 10.8 Å². The highest BCUT2D eigenvalue weighted by molar-refractivity contribution is 5.86. The van der Waals surface area contributed by atoms with Gasteiger partial charge in [0, 0.05) is 39.3 Å². The molecule has 0 aromatic heterocycles. The van der Waals surface area contributed by atoms with E-state index < -0.39 is 5.09 Å². The average molecular weight is 460 g/mol. The first-order chi connectivity index (χ1) is 16.0. The number of hydrogen-bond donors (Lipinski definition) is 0. The highest BCUT2D eigenvalue weighted by Crippen LogP contribution is 2.25. The highest BCUT2D eigenvalue weighted by atomic mass is 16.9. The third kappa shape index (κ3) is 7.57. The summed E-state index contributed by atoms with van der Waals surface area (Å²) >= 11 is 0. The number of rotatable bonds is 12. The molecule has 3 rings (SSSR count). The summed E-state index contributed by atoms with van der Waals surface area (Å²) in [4.78, 5) is 31.7. The second-order valence-electron chi connectivity index (χ2n) is 8.31. The number of carbonyl (C=O) groups excluding carboxylic acids is 1. The van der Waals surface area contributed by atoms with E-state index in [1.54, 1.807) is 7.11 Å². The van der Waals surface area contributed by atoms with E-state index in [0.29, 0.717) is 13.0 Å². The van der Waals surface area contributed by atoms with Crippen LogP contribution in [0, 0.1) is 10.1 Å². The quantitative estimate of drug-likeness (QED) is 0.207. The molecular weight excluding hydrogens is 426 g/mol. The zero-order chi connectivity index (χ0) is 23.6. The summed E-state index contributed by atoms with van der Waals surface area (Å²) in [5, 5.41) is 11.6. The molecule has 1 fully saturated rings. The Bertz CT molecular complexity index is 930. The van der Waals surface area contributed by atoms with Crippen molar-refractivity contribution in [3.05, 3.63) is 52.1 Å². The first kappa shape index (κ1) is 24.7. The maximum absolute atomic E-state index is 12.5. The molecule has 1 atom stereocenters. The molecule has 0 amide bonds. The first-order valence-electron chi connectivity index (χ1n) is 11.4. The normalized spacial score (nSPS) is 15.8. The summed E-state index contributed by atoms with van der Waals surface area (Å²) in [6.07, 6.45) is 1.45. The molecular formula is C24H33N3O6. The zero-order valence-electron chi connectivity index (χ0n) is 19.4. The first-order valence-corrected chi connectivity index (χ1v) is 11.4. The zero-order valence-corrected chi connectivity index (χ0v) is 19.4. The second-order valence-corrected chi connectivity index (χ2v) is 8.31. The third-order valence-corrected chi connectivity index (χ3v) is 6.07. The van der Waals surface area contributed by atoms with Crippen molar-refractivity contribution in [3.8, 4) is 5.75 Å². The lowest BCUT2D eigenvalue weighted by atomic mass is 9.98. The molecule has 1 aliphatic rings. The topological polar surface area (TPSA) is 94.4 Å². The van der Waals surface area contributed by atoms with Crippen molar-refractivity contribution >= 4 is 16.7 Å². The van der Waals surface area contributed by atoms with Gasteiger partial charge >= 0.3 is 5.97 Å². The van der Waals surface area contributed by atoms with Gasteiger partial charge in [-0.25, -0.2) is 0 Å². The van der Waals surface area contributed by atoms with Gasteiger partial charge in [0.25, 0.3) is 5.09 Å². The molecule has 9 nitrogen and oxygen atoms in total. The number of nitrogens with zero attached hydrogens (tertiary/aromatic N) is 3. The molecule has 2 aromatic rings. The number of carbonyl (C=O) groups is 1. The molecule has 0 spiro atoms. The van der Waals surface area contributed by atoms with Gasteiger partial charge in [-0.1, -0.05) is 24.3 Å². The van der Waals surface area contributed by atoms with Crippen molar-refractivity contribution < 1.29 is 24.2 Å². The van der Waals surface area contributed by atoms with E-state index in [1.165, 1.54) is 0 Å². The SMILES string of the molecule is COc1ccc2cc([C@H](C)C(=O)OCCCN3CCN(CCCO[N+](=O)[O-])CC3)ccc2c1. The fraction of sp³-hybridized carbons (Fsp3) is 0.542. The molecule has 0 bridgehead atoms. The molecule has 2 aromatic carbocycles. The Balaban J connectivity index is 1.33. The van der Waals surface area contributed by atoms with Crippen molar-refractivity contribution in [1.29, 1.82) is 0 Å². The number of hydrogen-bond acceptors (Lipinski definition) is 8. The van der Waals surface area contributed by atoms with E-state index in [2.05, 4.69) is 14.6 Å². The lowest BCUT2D eigenvalue weighted by molar-refractivity contribution is -0.757. The monoisotopic (exact) mass is 459 g/mol. The van der Waals surface area contributed by atoms with Gasteiger partial charge in [0.2, 0.25) is 0 Å². The summed E-state index contributed by atoms with van der Waals surface area (Å²) in [6.45, 7) is 7.88. The summed E-state index contributed by atoms with van der Waals surface area (Å²) in [5.41, 5.74) is 0.942. The number of fused-ring (bicyclic) bond motifs is 1. The standard InChI is InChI=1S/C24H33N3O6/c1-19(20-5-6-22-18-23(31-2)8-7-21(22)17-20)24(28)32-15-3-9-25-11-13-26(14-12-25)10-4-16-33-27(29)30/h5-8,17-19H,3-4,9-16H2,1-2H3/t19-/m0/s1. The van der Waals surface area contributed by atoms with Crippen LogP contribution in [0.3, 0.4) is 0 Å². The van der Waals surface area contributed by atoms with Gasteiger partial charge in [-0.3, -0.25) is 4.79 Å². The van der Waals surface area contributed by atoms with Crippen LogP contribution in [0.15, 0.2) is 36.4 Å². The molecule has 0 N–H and O–H groups in total. The second kappa shape index (κ2) is 12.4. The van der Waals surface area contributed by atoms with Gasteiger partial charge < -0.3 is 24.1 Å². The minimum absolute atomic E-state index is 0.144. The van der Waals surface area contributed by atoms with Crippen LogP contribution in [-0.2, 0) is 14.4 Å². The van der Waals surface area contributed by atoms with Gasteiger partial charge in [-0.15, -0.1) is 10.1 Å². The van der Waals surface area contributed by atoms with Gasteiger partial charge in [-0.05, 0) is 48.2 Å². The molecule has 0 unspecified atom stereocenters. The van der Waals surface area contributed by atoms with Crippen LogP contribution in [0.2, 0.25) is 0 Å². The molecule has 0 saturated carbocycles. The number of methoxy groups -OCH3 is 1. The Morgan fingerprint density at radius 3 is 2.24 bits per heavy atom. The van der Waals surface area contributed by atoms with Crippen LogP contribution >= 0.6 is 0 Å². The molecule has 1 aliphatic heterocycles. The number of piperazine rings is 1. The van der Waals surface area contributed by atoms with Crippen LogP contribution in [0.5, 0.6) is 5.75 Å². The molecule has 180 valence electrons. The fourth-order valence-corrected chi connectivity index (χ4v) is 4.02. The lowest BCUT2D eigenvalue weighted by Gasteiger charge is -2.34. The molecule has 0 aliphatic carbocycles. The lowest BCUT2D eigenvalue weighted by Crippen LogP contribution is -2.47. The van der Waals surface area contributed by atoms with E-state index in [-0.39, 0.29) is 18.5 Å². The van der Waals surface area contributed by atoms with Crippen molar-refractivity contribution in [3.63, 3.8) is 0 Å². The maximum Gasteiger partial charge on any atom is 0.313 e. The average Bonchev–Trinajstić information content (AvgIpc) is 2.83. The van der Waals surface area contributed by atoms with Crippen molar-refractivity contribution in [2.45, 2.75) is 25.7 Å². The predicted molar refractivity (Wildman–Crippen MR) is 125 cm³/mol. The minimum Gasteiger partial charge on any atom is -0.497 e. The summed E-state index contributed by atoms with van der Waals surface area (Å²) in [7, 11) is 1.65. The largest absolute Gasteiger partial charge is 0.497 e. The Morgan fingerprint density at radius 2 is 1.61 bits per heavy atom. The minimum atomic E-state index is -0.745. The molecule has 9 heteroatoms. The van der Waals surface area contributed by atoms with Gasteiger partial charge in [0.05, 0.1) is 26.2 Å². The van der Waals surface area contributed by atoms with Gasteiger partial charge in [0.15, 0.2) is 0 Å². The van der Waals surface area contributed by atoms with Crippen molar-refractivity contribution in [1.82, 2.24) is 9.80 Å². The molecule has 1 heterocycles. The van der Waals surface area contributed by atoms with E-state index in [9.17, 15) is 14.9 Å². The van der Waals surface area contributed by atoms with E-state index in [4.69, 9.17) is 9.47 Å². The Hall–Kier alpha value is -2.91. The predicted octanol–water partition coefficient (Wildman–Crippen LogP) is 3.10. The third-order valence-electron chi connectivity index (χ3n) is 6.07. The van der Waals surface area contributed by atoms with Crippen LogP contribution < -0.4 is 4.74 Å². The van der Waals surface area contributed by atoms with Gasteiger partial charge in [-0.2, -0.15) is 0 Å². The van der Waals surface area contributed by atoms with E-state index >= 15 is 0 Å². The molecule has 1 saturated heterocycles. The fourth-order valence-electron chi connectivity index (χ4n) is 4.02. The number of esters is 1. The Morgan fingerprint density at radius 1 is 1.00 bits per heavy atom. The highest BCUT2D eigenvalue weighted by Gasteiger charge is 2.19. The van der Waals surface area contributed by atoms with Crippen molar-refractivity contribution in [2.24, 2.45) is 0 Å². The summed E-state index contributed by atoms with van der Waals surface area (Å²) in [6, 6.07) is 11.9. The van der Waals surface area contributed by atoms with Crippen molar-refractivity contribution in [2.75, 3.05) is 59.6 Å². The smallest absolute Gasteiger partial charge is 0.313 e.